The molecule has 0 bridgehead atoms. The molecule has 2 rings (SSSR count). The highest BCUT2D eigenvalue weighted by atomic mass is 35.5. The number of ether oxygens (including phenoxy) is 2. The summed E-state index contributed by atoms with van der Waals surface area (Å²) < 4.78 is 37.4. The summed E-state index contributed by atoms with van der Waals surface area (Å²) in [7, 11) is -3.26. The Morgan fingerprint density at radius 1 is 1.33 bits per heavy atom. The molecule has 5 nitrogen and oxygen atoms in total. The summed E-state index contributed by atoms with van der Waals surface area (Å²) in [5.41, 5.74) is 0. The molecule has 2 unspecified atom stereocenters. The van der Waals surface area contributed by atoms with Crippen LogP contribution in [0.2, 0.25) is 0 Å². The van der Waals surface area contributed by atoms with Gasteiger partial charge < -0.3 is 9.47 Å². The quantitative estimate of drug-likeness (QED) is 0.724. The maximum Gasteiger partial charge on any atom is 0.217 e. The van der Waals surface area contributed by atoms with Gasteiger partial charge in [-0.25, -0.2) is 8.42 Å². The lowest BCUT2D eigenvalue weighted by atomic mass is 10.2. The lowest BCUT2D eigenvalue weighted by molar-refractivity contribution is -0.0161. The highest BCUT2D eigenvalue weighted by Gasteiger charge is 2.39. The summed E-state index contributed by atoms with van der Waals surface area (Å²) >= 11 is 5.76. The van der Waals surface area contributed by atoms with Gasteiger partial charge in [0.2, 0.25) is 10.0 Å². The summed E-state index contributed by atoms with van der Waals surface area (Å²) in [5.74, 6) is 0.326. The third-order valence-corrected chi connectivity index (χ3v) is 6.36. The fraction of sp³-hybridized carbons (Fsp3) is 1.00. The van der Waals surface area contributed by atoms with Gasteiger partial charge in [-0.3, -0.25) is 0 Å². The van der Waals surface area contributed by atoms with Crippen molar-refractivity contribution in [3.05, 3.63) is 0 Å². The third kappa shape index (κ3) is 2.99. The molecule has 0 spiro atoms. The molecule has 2 aliphatic rings. The van der Waals surface area contributed by atoms with E-state index < -0.39 is 10.0 Å². The first-order chi connectivity index (χ1) is 8.55. The van der Waals surface area contributed by atoms with Crippen molar-refractivity contribution in [3.63, 3.8) is 0 Å². The van der Waals surface area contributed by atoms with Crippen LogP contribution in [0.5, 0.6) is 0 Å². The summed E-state index contributed by atoms with van der Waals surface area (Å²) in [6.07, 6.45) is 0.966. The van der Waals surface area contributed by atoms with Crippen LogP contribution in [0.3, 0.4) is 0 Å². The van der Waals surface area contributed by atoms with Crippen LogP contribution in [0.4, 0.5) is 0 Å². The fourth-order valence-electron chi connectivity index (χ4n) is 2.41. The van der Waals surface area contributed by atoms with Crippen molar-refractivity contribution in [2.45, 2.75) is 37.2 Å². The first-order valence-electron chi connectivity index (χ1n) is 6.31. The lowest BCUT2D eigenvalue weighted by Crippen LogP contribution is -2.54. The molecular weight excluding hydrogens is 278 g/mol. The van der Waals surface area contributed by atoms with Crippen LogP contribution in [-0.4, -0.2) is 62.4 Å². The van der Waals surface area contributed by atoms with Crippen molar-refractivity contribution in [1.82, 2.24) is 4.31 Å². The molecule has 18 heavy (non-hydrogen) atoms. The summed E-state index contributed by atoms with van der Waals surface area (Å²) in [6.45, 7) is 3.72. The van der Waals surface area contributed by atoms with Gasteiger partial charge in [0, 0.05) is 31.7 Å². The number of rotatable bonds is 3. The van der Waals surface area contributed by atoms with Crippen LogP contribution in [0, 0.1) is 0 Å². The molecule has 0 aromatic rings. The summed E-state index contributed by atoms with van der Waals surface area (Å²) in [6, 6.07) is -0.114. The van der Waals surface area contributed by atoms with Crippen molar-refractivity contribution in [2.75, 3.05) is 32.2 Å². The van der Waals surface area contributed by atoms with Crippen LogP contribution < -0.4 is 0 Å². The van der Waals surface area contributed by atoms with Crippen LogP contribution >= 0.6 is 11.6 Å². The number of hydrogen-bond acceptors (Lipinski definition) is 4. The first-order valence-corrected chi connectivity index (χ1v) is 8.35. The number of hydrogen-bond donors (Lipinski definition) is 0. The molecule has 106 valence electrons. The third-order valence-electron chi connectivity index (χ3n) is 3.54. The van der Waals surface area contributed by atoms with E-state index in [4.69, 9.17) is 21.1 Å². The Hall–Kier alpha value is 0.120. The molecule has 7 heteroatoms. The average molecular weight is 298 g/mol. The lowest BCUT2D eigenvalue weighted by Gasteiger charge is -2.39. The van der Waals surface area contributed by atoms with Gasteiger partial charge in [0.15, 0.2) is 0 Å². The van der Waals surface area contributed by atoms with Crippen LogP contribution in [0.1, 0.15) is 19.8 Å². The van der Waals surface area contributed by atoms with Crippen LogP contribution in [0.25, 0.3) is 0 Å². The Morgan fingerprint density at radius 3 is 2.61 bits per heavy atom. The van der Waals surface area contributed by atoms with Crippen LogP contribution in [0.15, 0.2) is 0 Å². The first kappa shape index (κ1) is 14.5. The Labute approximate surface area is 113 Å². The fourth-order valence-corrected chi connectivity index (χ4v) is 4.70. The van der Waals surface area contributed by atoms with Crippen molar-refractivity contribution in [3.8, 4) is 0 Å². The monoisotopic (exact) mass is 297 g/mol. The molecule has 0 amide bonds. The van der Waals surface area contributed by atoms with E-state index in [-0.39, 0.29) is 17.4 Å². The maximum absolute atomic E-state index is 12.6. The number of halogens is 1. The molecule has 2 heterocycles. The molecule has 2 fully saturated rings. The zero-order chi connectivity index (χ0) is 13.2. The smallest absolute Gasteiger partial charge is 0.217 e. The molecule has 0 aromatic carbocycles. The highest BCUT2D eigenvalue weighted by Crippen LogP contribution is 2.24. The van der Waals surface area contributed by atoms with E-state index in [1.165, 1.54) is 0 Å². The molecular formula is C11H20ClNO4S. The summed E-state index contributed by atoms with van der Waals surface area (Å²) in [4.78, 5) is 0. The standard InChI is InChI=1S/C11H20ClNO4S/c1-9-8-17-10(6-12)7-13(9)18(14,15)11-2-4-16-5-3-11/h9-11H,2-8H2,1H3. The zero-order valence-electron chi connectivity index (χ0n) is 10.5. The molecule has 2 aliphatic heterocycles. The van der Waals surface area contributed by atoms with Gasteiger partial charge in [-0.1, -0.05) is 0 Å². The molecule has 0 N–H and O–H groups in total. The minimum atomic E-state index is -3.26. The van der Waals surface area contributed by atoms with E-state index in [1.54, 1.807) is 4.31 Å². The minimum Gasteiger partial charge on any atom is -0.381 e. The Bertz CT molecular complexity index is 369. The Kier molecular flexibility index (Phi) is 4.88. The number of nitrogens with zero attached hydrogens (tertiary/aromatic N) is 1. The predicted octanol–water partition coefficient (Wildman–Crippen LogP) is 0.823. The van der Waals surface area contributed by atoms with E-state index in [1.807, 2.05) is 6.92 Å². The van der Waals surface area contributed by atoms with Crippen LogP contribution in [-0.2, 0) is 19.5 Å². The maximum atomic E-state index is 12.6. The number of alkyl halides is 1. The van der Waals surface area contributed by atoms with E-state index in [0.29, 0.717) is 45.1 Å². The van der Waals surface area contributed by atoms with E-state index in [9.17, 15) is 8.42 Å². The van der Waals surface area contributed by atoms with Crippen molar-refractivity contribution < 1.29 is 17.9 Å². The Morgan fingerprint density at radius 2 is 2.00 bits per heavy atom. The zero-order valence-corrected chi connectivity index (χ0v) is 12.1. The van der Waals surface area contributed by atoms with Gasteiger partial charge in [-0.2, -0.15) is 4.31 Å². The van der Waals surface area contributed by atoms with Gasteiger partial charge in [0.05, 0.1) is 18.0 Å². The van der Waals surface area contributed by atoms with E-state index >= 15 is 0 Å². The Balaban J connectivity index is 2.11. The predicted molar refractivity (Wildman–Crippen MR) is 69.4 cm³/mol. The van der Waals surface area contributed by atoms with Gasteiger partial charge in [-0.15, -0.1) is 11.6 Å². The van der Waals surface area contributed by atoms with Gasteiger partial charge in [0.25, 0.3) is 0 Å². The van der Waals surface area contributed by atoms with Crippen molar-refractivity contribution in [2.24, 2.45) is 0 Å². The molecule has 2 saturated heterocycles. The van der Waals surface area contributed by atoms with Crippen molar-refractivity contribution >= 4 is 21.6 Å². The van der Waals surface area contributed by atoms with Gasteiger partial charge >= 0.3 is 0 Å². The normalized spacial score (nSPS) is 32.6. The van der Waals surface area contributed by atoms with Crippen molar-refractivity contribution in [1.29, 1.82) is 0 Å². The number of sulfonamides is 1. The SMILES string of the molecule is CC1COC(CCl)CN1S(=O)(=O)C1CCOCC1. The molecule has 0 aromatic heterocycles. The molecule has 0 radical (unpaired) electrons. The second-order valence-electron chi connectivity index (χ2n) is 4.89. The second kappa shape index (κ2) is 6.05. The minimum absolute atomic E-state index is 0.114. The largest absolute Gasteiger partial charge is 0.381 e. The van der Waals surface area contributed by atoms with E-state index in [2.05, 4.69) is 0 Å². The molecule has 0 saturated carbocycles. The molecule has 0 aliphatic carbocycles. The van der Waals surface area contributed by atoms with Gasteiger partial charge in [0.1, 0.15) is 0 Å². The molecule has 2 atom stereocenters. The summed E-state index contributed by atoms with van der Waals surface area (Å²) in [5, 5.41) is -0.317. The second-order valence-corrected chi connectivity index (χ2v) is 7.36. The number of morpholine rings is 1. The topological polar surface area (TPSA) is 55.8 Å². The average Bonchev–Trinajstić information content (AvgIpc) is 2.40. The van der Waals surface area contributed by atoms with Gasteiger partial charge in [-0.05, 0) is 19.8 Å². The highest BCUT2D eigenvalue weighted by molar-refractivity contribution is 7.89. The van der Waals surface area contributed by atoms with E-state index in [0.717, 1.165) is 0 Å².